The van der Waals surface area contributed by atoms with Crippen LogP contribution in [-0.2, 0) is 7.05 Å². The average molecular weight is 291 g/mol. The number of phenols is 1. The van der Waals surface area contributed by atoms with Crippen LogP contribution in [0.5, 0.6) is 17.2 Å². The van der Waals surface area contributed by atoms with Crippen LogP contribution in [-0.4, -0.2) is 21.4 Å². The van der Waals surface area contributed by atoms with E-state index in [1.54, 1.807) is 13.1 Å². The Morgan fingerprint density at radius 3 is 2.67 bits per heavy atom. The average Bonchev–Trinajstić information content (AvgIpc) is 2.47. The summed E-state index contributed by atoms with van der Waals surface area (Å²) in [5, 5.41) is 20.2. The number of aromatic hydroxyl groups is 2. The lowest BCUT2D eigenvalue weighted by Gasteiger charge is -2.13. The molecule has 0 unspecified atom stereocenters. The predicted octanol–water partition coefficient (Wildman–Crippen LogP) is 2.91. The molecule has 5 nitrogen and oxygen atoms in total. The van der Waals surface area contributed by atoms with Gasteiger partial charge in [0, 0.05) is 18.5 Å². The molecule has 0 fully saturated rings. The van der Waals surface area contributed by atoms with Gasteiger partial charge in [-0.25, -0.2) is 0 Å². The highest BCUT2D eigenvalue weighted by atomic mass is 16.5. The second-order valence-corrected chi connectivity index (χ2v) is 5.15. The minimum atomic E-state index is -0.402. The van der Waals surface area contributed by atoms with E-state index in [4.69, 9.17) is 4.74 Å². The molecule has 0 amide bonds. The molecule has 2 rings (SSSR count). The summed E-state index contributed by atoms with van der Waals surface area (Å²) in [7, 11) is 1.59. The lowest BCUT2D eigenvalue weighted by molar-refractivity contribution is 0.285. The van der Waals surface area contributed by atoms with Gasteiger partial charge < -0.3 is 19.5 Å². The quantitative estimate of drug-likeness (QED) is 0.803. The molecule has 0 spiro atoms. The highest BCUT2D eigenvalue weighted by molar-refractivity contribution is 5.88. The molecule has 21 heavy (non-hydrogen) atoms. The van der Waals surface area contributed by atoms with Crippen LogP contribution in [0.25, 0.3) is 10.9 Å². The molecule has 0 aliphatic rings. The summed E-state index contributed by atoms with van der Waals surface area (Å²) in [6.45, 7) is 2.54. The Kier molecular flexibility index (Phi) is 4.73. The Hall–Kier alpha value is -2.17. The van der Waals surface area contributed by atoms with E-state index in [2.05, 4.69) is 6.92 Å². The van der Waals surface area contributed by atoms with Crippen LogP contribution in [0.2, 0.25) is 0 Å². The Labute approximate surface area is 123 Å². The number of pyridine rings is 1. The van der Waals surface area contributed by atoms with E-state index in [-0.39, 0.29) is 17.2 Å². The number of nitrogens with zero attached hydrogens (tertiary/aromatic N) is 1. The molecule has 2 N–H and O–H groups in total. The first-order chi connectivity index (χ1) is 10.1. The first-order valence-corrected chi connectivity index (χ1v) is 7.23. The van der Waals surface area contributed by atoms with Crippen LogP contribution in [0.1, 0.15) is 32.6 Å². The van der Waals surface area contributed by atoms with Gasteiger partial charge in [0.05, 0.1) is 12.1 Å². The zero-order valence-corrected chi connectivity index (χ0v) is 12.4. The molecule has 0 aliphatic heterocycles. The molecule has 1 heterocycles. The summed E-state index contributed by atoms with van der Waals surface area (Å²) >= 11 is 0. The zero-order valence-electron chi connectivity index (χ0n) is 12.4. The number of rotatable bonds is 6. The van der Waals surface area contributed by atoms with Gasteiger partial charge in [-0.15, -0.1) is 0 Å². The van der Waals surface area contributed by atoms with Crippen molar-refractivity contribution >= 4 is 10.9 Å². The van der Waals surface area contributed by atoms with Crippen molar-refractivity contribution in [1.29, 1.82) is 0 Å². The van der Waals surface area contributed by atoms with Crippen molar-refractivity contribution < 1.29 is 14.9 Å². The Morgan fingerprint density at radius 1 is 1.19 bits per heavy atom. The van der Waals surface area contributed by atoms with Crippen LogP contribution in [0.3, 0.4) is 0 Å². The van der Waals surface area contributed by atoms with Crippen molar-refractivity contribution in [3.05, 3.63) is 28.6 Å². The second-order valence-electron chi connectivity index (χ2n) is 5.15. The van der Waals surface area contributed by atoms with E-state index in [1.807, 2.05) is 0 Å². The predicted molar refractivity (Wildman–Crippen MR) is 82.2 cm³/mol. The summed E-state index contributed by atoms with van der Waals surface area (Å²) < 4.78 is 6.86. The normalized spacial score (nSPS) is 11.0. The number of aromatic nitrogens is 1. The molecule has 2 aromatic rings. The molecule has 5 heteroatoms. The summed E-state index contributed by atoms with van der Waals surface area (Å²) in [4.78, 5) is 12.2. The fourth-order valence-electron chi connectivity index (χ4n) is 2.32. The third-order valence-electron chi connectivity index (χ3n) is 3.56. The summed E-state index contributed by atoms with van der Waals surface area (Å²) in [5.74, 6) is -0.138. The van der Waals surface area contributed by atoms with E-state index < -0.39 is 5.56 Å². The third-order valence-corrected chi connectivity index (χ3v) is 3.56. The summed E-state index contributed by atoms with van der Waals surface area (Å²) in [6.07, 6.45) is 4.15. The standard InChI is InChI=1S/C16H21NO4/c1-3-4-5-6-9-21-15-14(19)12-8-7-11(18)10-13(12)17(2)16(15)20/h7-8,10,18-19H,3-6,9H2,1-2H3. The van der Waals surface area contributed by atoms with E-state index in [0.29, 0.717) is 17.5 Å². The van der Waals surface area contributed by atoms with Crippen LogP contribution in [0, 0.1) is 0 Å². The van der Waals surface area contributed by atoms with E-state index in [1.165, 1.54) is 16.7 Å². The highest BCUT2D eigenvalue weighted by Crippen LogP contribution is 2.32. The molecule has 0 atom stereocenters. The lowest BCUT2D eigenvalue weighted by Crippen LogP contribution is -2.20. The summed E-state index contributed by atoms with van der Waals surface area (Å²) in [5.41, 5.74) is 0.0666. The molecule has 1 aromatic carbocycles. The lowest BCUT2D eigenvalue weighted by atomic mass is 10.1. The SMILES string of the molecule is CCCCCCOc1c(O)c2ccc(O)cc2n(C)c1=O. The highest BCUT2D eigenvalue weighted by Gasteiger charge is 2.16. The smallest absolute Gasteiger partial charge is 0.297 e. The van der Waals surface area contributed by atoms with Gasteiger partial charge in [-0.05, 0) is 18.6 Å². The minimum Gasteiger partial charge on any atom is -0.508 e. The maximum Gasteiger partial charge on any atom is 0.297 e. The number of phenolic OH excluding ortho intramolecular Hbond substituents is 1. The Morgan fingerprint density at radius 2 is 1.95 bits per heavy atom. The molecule has 114 valence electrons. The summed E-state index contributed by atoms with van der Waals surface area (Å²) in [6, 6.07) is 4.49. The Bertz CT molecular complexity index is 691. The number of hydrogen-bond donors (Lipinski definition) is 2. The van der Waals surface area contributed by atoms with Gasteiger partial charge >= 0.3 is 0 Å². The number of unbranched alkanes of at least 4 members (excludes halogenated alkanes) is 3. The number of benzene rings is 1. The number of ether oxygens (including phenoxy) is 1. The maximum absolute atomic E-state index is 12.2. The van der Waals surface area contributed by atoms with Crippen LogP contribution >= 0.6 is 0 Å². The van der Waals surface area contributed by atoms with E-state index >= 15 is 0 Å². The molecule has 0 aliphatic carbocycles. The number of aryl methyl sites for hydroxylation is 1. The van der Waals surface area contributed by atoms with Gasteiger partial charge in [-0.1, -0.05) is 26.2 Å². The van der Waals surface area contributed by atoms with E-state index in [9.17, 15) is 15.0 Å². The van der Waals surface area contributed by atoms with Crippen LogP contribution < -0.4 is 10.3 Å². The molecule has 0 bridgehead atoms. The van der Waals surface area contributed by atoms with Gasteiger partial charge in [-0.2, -0.15) is 0 Å². The van der Waals surface area contributed by atoms with Crippen LogP contribution in [0.15, 0.2) is 23.0 Å². The first kappa shape index (κ1) is 15.2. The largest absolute Gasteiger partial charge is 0.508 e. The van der Waals surface area contributed by atoms with Crippen molar-refractivity contribution in [1.82, 2.24) is 4.57 Å². The fraction of sp³-hybridized carbons (Fsp3) is 0.438. The molecule has 0 saturated carbocycles. The van der Waals surface area contributed by atoms with Gasteiger partial charge in [0.15, 0.2) is 5.75 Å². The third kappa shape index (κ3) is 3.12. The first-order valence-electron chi connectivity index (χ1n) is 7.23. The number of hydrogen-bond acceptors (Lipinski definition) is 4. The van der Waals surface area contributed by atoms with Gasteiger partial charge in [0.25, 0.3) is 5.56 Å². The number of fused-ring (bicyclic) bond motifs is 1. The van der Waals surface area contributed by atoms with Gasteiger partial charge in [0.1, 0.15) is 5.75 Å². The van der Waals surface area contributed by atoms with Crippen LogP contribution in [0.4, 0.5) is 0 Å². The van der Waals surface area contributed by atoms with Crippen molar-refractivity contribution in [2.75, 3.05) is 6.61 Å². The van der Waals surface area contributed by atoms with Gasteiger partial charge in [0.2, 0.25) is 5.75 Å². The minimum absolute atomic E-state index is 0.0211. The molecule has 1 aromatic heterocycles. The topological polar surface area (TPSA) is 71.7 Å². The van der Waals surface area contributed by atoms with Gasteiger partial charge in [-0.3, -0.25) is 4.79 Å². The van der Waals surface area contributed by atoms with Crippen molar-refractivity contribution in [2.45, 2.75) is 32.6 Å². The molecular formula is C16H21NO4. The molecule has 0 radical (unpaired) electrons. The van der Waals surface area contributed by atoms with Crippen molar-refractivity contribution in [3.63, 3.8) is 0 Å². The molecular weight excluding hydrogens is 270 g/mol. The van der Waals surface area contributed by atoms with E-state index in [0.717, 1.165) is 25.7 Å². The van der Waals surface area contributed by atoms with Crippen molar-refractivity contribution in [3.8, 4) is 17.2 Å². The zero-order chi connectivity index (χ0) is 15.4. The monoisotopic (exact) mass is 291 g/mol. The maximum atomic E-state index is 12.2. The fourth-order valence-corrected chi connectivity index (χ4v) is 2.32. The molecule has 0 saturated heterocycles. The van der Waals surface area contributed by atoms with Crippen molar-refractivity contribution in [2.24, 2.45) is 7.05 Å². The Balaban J connectivity index is 2.32. The second kappa shape index (κ2) is 6.52.